The van der Waals surface area contributed by atoms with E-state index in [0.717, 1.165) is 24.5 Å². The van der Waals surface area contributed by atoms with Crippen LogP contribution in [0.15, 0.2) is 42.7 Å². The molecular formula is C22H23N5O3. The van der Waals surface area contributed by atoms with Crippen LogP contribution in [0.5, 0.6) is 11.5 Å². The van der Waals surface area contributed by atoms with Gasteiger partial charge in [-0.3, -0.25) is 9.89 Å². The summed E-state index contributed by atoms with van der Waals surface area (Å²) in [6.07, 6.45) is 6.90. The van der Waals surface area contributed by atoms with E-state index in [9.17, 15) is 4.79 Å². The number of nitrogens with one attached hydrogen (secondary N) is 2. The molecule has 0 aliphatic carbocycles. The normalized spacial score (nSPS) is 15.7. The molecule has 8 nitrogen and oxygen atoms in total. The van der Waals surface area contributed by atoms with Crippen molar-refractivity contribution < 1.29 is 14.3 Å². The van der Waals surface area contributed by atoms with Crippen molar-refractivity contribution in [1.29, 1.82) is 0 Å². The van der Waals surface area contributed by atoms with E-state index in [0.29, 0.717) is 41.7 Å². The molecule has 0 bridgehead atoms. The number of aromatic nitrogens is 3. The minimum absolute atomic E-state index is 0.249. The molecule has 8 heteroatoms. The zero-order chi connectivity index (χ0) is 20.3. The molecule has 5 rings (SSSR count). The van der Waals surface area contributed by atoms with Gasteiger partial charge in [-0.1, -0.05) is 0 Å². The summed E-state index contributed by atoms with van der Waals surface area (Å²) in [7, 11) is 0. The second kappa shape index (κ2) is 8.06. The number of carbonyl (C=O) groups is 1. The van der Waals surface area contributed by atoms with Gasteiger partial charge in [-0.15, -0.1) is 0 Å². The van der Waals surface area contributed by atoms with Crippen LogP contribution in [0.25, 0.3) is 11.3 Å². The summed E-state index contributed by atoms with van der Waals surface area (Å²) in [5, 5.41) is 9.90. The second-order valence-corrected chi connectivity index (χ2v) is 7.42. The molecule has 30 heavy (non-hydrogen) atoms. The van der Waals surface area contributed by atoms with Gasteiger partial charge in [0.1, 0.15) is 19.0 Å². The quantitative estimate of drug-likeness (QED) is 0.690. The molecule has 1 amide bonds. The van der Waals surface area contributed by atoms with Crippen LogP contribution in [0, 0.1) is 0 Å². The number of piperidine rings is 1. The van der Waals surface area contributed by atoms with Crippen molar-refractivity contribution in [3.05, 3.63) is 48.3 Å². The minimum atomic E-state index is -0.249. The number of rotatable bonds is 4. The number of ether oxygens (including phenoxy) is 2. The van der Waals surface area contributed by atoms with Crippen molar-refractivity contribution in [1.82, 2.24) is 15.2 Å². The van der Waals surface area contributed by atoms with Gasteiger partial charge in [-0.05, 0) is 49.6 Å². The van der Waals surface area contributed by atoms with E-state index in [2.05, 4.69) is 25.4 Å². The van der Waals surface area contributed by atoms with Crippen LogP contribution in [0.4, 0.5) is 11.5 Å². The fourth-order valence-electron chi connectivity index (χ4n) is 3.85. The van der Waals surface area contributed by atoms with E-state index in [1.54, 1.807) is 6.20 Å². The van der Waals surface area contributed by atoms with E-state index in [1.165, 1.54) is 25.5 Å². The molecule has 154 valence electrons. The third-order valence-corrected chi connectivity index (χ3v) is 5.40. The monoisotopic (exact) mass is 405 g/mol. The van der Waals surface area contributed by atoms with Gasteiger partial charge in [0, 0.05) is 18.7 Å². The van der Waals surface area contributed by atoms with Gasteiger partial charge in [0.2, 0.25) is 0 Å². The first-order chi connectivity index (χ1) is 14.8. The smallest absolute Gasteiger partial charge is 0.259 e. The lowest BCUT2D eigenvalue weighted by molar-refractivity contribution is 0.102. The SMILES string of the molecule is O=C(Nc1ccc(N2CCCCC2)nc1)c1cn[nH]c1-c1ccc2c(c1)OCCO2. The number of hydrogen-bond acceptors (Lipinski definition) is 6. The highest BCUT2D eigenvalue weighted by atomic mass is 16.6. The lowest BCUT2D eigenvalue weighted by Gasteiger charge is -2.27. The van der Waals surface area contributed by atoms with Crippen molar-refractivity contribution in [3.8, 4) is 22.8 Å². The van der Waals surface area contributed by atoms with Crippen molar-refractivity contribution in [2.24, 2.45) is 0 Å². The fraction of sp³-hybridized carbons (Fsp3) is 0.318. The number of hydrogen-bond donors (Lipinski definition) is 2. The van der Waals surface area contributed by atoms with E-state index in [1.807, 2.05) is 30.3 Å². The van der Waals surface area contributed by atoms with Crippen LogP contribution in [0.3, 0.4) is 0 Å². The molecule has 1 saturated heterocycles. The van der Waals surface area contributed by atoms with E-state index >= 15 is 0 Å². The third-order valence-electron chi connectivity index (χ3n) is 5.40. The number of H-pyrrole nitrogens is 1. The van der Waals surface area contributed by atoms with Gasteiger partial charge >= 0.3 is 0 Å². The topological polar surface area (TPSA) is 92.4 Å². The first-order valence-corrected chi connectivity index (χ1v) is 10.2. The highest BCUT2D eigenvalue weighted by Gasteiger charge is 2.19. The van der Waals surface area contributed by atoms with Crippen molar-refractivity contribution in [3.63, 3.8) is 0 Å². The van der Waals surface area contributed by atoms with E-state index in [4.69, 9.17) is 9.47 Å². The molecule has 2 N–H and O–H groups in total. The zero-order valence-corrected chi connectivity index (χ0v) is 16.6. The third kappa shape index (κ3) is 3.68. The summed E-state index contributed by atoms with van der Waals surface area (Å²) < 4.78 is 11.2. The minimum Gasteiger partial charge on any atom is -0.486 e. The summed E-state index contributed by atoms with van der Waals surface area (Å²) in [6, 6.07) is 9.42. The van der Waals surface area contributed by atoms with Gasteiger partial charge in [-0.2, -0.15) is 5.10 Å². The molecule has 0 radical (unpaired) electrons. The predicted molar refractivity (Wildman–Crippen MR) is 113 cm³/mol. The van der Waals surface area contributed by atoms with Gasteiger partial charge in [0.15, 0.2) is 11.5 Å². The van der Waals surface area contributed by atoms with Crippen LogP contribution in [-0.4, -0.2) is 47.4 Å². The number of benzene rings is 1. The Labute approximate surface area is 174 Å². The lowest BCUT2D eigenvalue weighted by Crippen LogP contribution is -2.30. The van der Waals surface area contributed by atoms with E-state index < -0.39 is 0 Å². The van der Waals surface area contributed by atoms with Crippen molar-refractivity contribution >= 4 is 17.4 Å². The molecule has 1 aromatic carbocycles. The molecule has 2 aliphatic heterocycles. The number of pyridine rings is 1. The van der Waals surface area contributed by atoms with Crippen LogP contribution < -0.4 is 19.7 Å². The maximum Gasteiger partial charge on any atom is 0.259 e. The van der Waals surface area contributed by atoms with Gasteiger partial charge < -0.3 is 19.7 Å². The van der Waals surface area contributed by atoms with Crippen LogP contribution in [-0.2, 0) is 0 Å². The molecule has 0 atom stereocenters. The number of carbonyl (C=O) groups excluding carboxylic acids is 1. The fourth-order valence-corrected chi connectivity index (χ4v) is 3.85. The van der Waals surface area contributed by atoms with E-state index in [-0.39, 0.29) is 5.91 Å². The summed E-state index contributed by atoms with van der Waals surface area (Å²) in [5.74, 6) is 2.07. The standard InChI is InChI=1S/C22H23N5O3/c28-22(25-16-5-7-20(23-13-16)27-8-2-1-3-9-27)17-14-24-26-21(17)15-4-6-18-19(12-15)30-11-10-29-18/h4-7,12-14H,1-3,8-11H2,(H,24,26)(H,25,28). The summed E-state index contributed by atoms with van der Waals surface area (Å²) in [5.41, 5.74) is 2.53. The number of anilines is 2. The molecule has 4 heterocycles. The Morgan fingerprint density at radius 2 is 1.83 bits per heavy atom. The number of amides is 1. The Hall–Kier alpha value is -3.55. The van der Waals surface area contributed by atoms with Gasteiger partial charge in [-0.25, -0.2) is 4.98 Å². The predicted octanol–water partition coefficient (Wildman–Crippen LogP) is 3.49. The van der Waals surface area contributed by atoms with Gasteiger partial charge in [0.25, 0.3) is 5.91 Å². The van der Waals surface area contributed by atoms with Crippen LogP contribution >= 0.6 is 0 Å². The first kappa shape index (κ1) is 18.5. The maximum absolute atomic E-state index is 12.9. The zero-order valence-electron chi connectivity index (χ0n) is 16.6. The first-order valence-electron chi connectivity index (χ1n) is 10.2. The average Bonchev–Trinajstić information content (AvgIpc) is 3.30. The summed E-state index contributed by atoms with van der Waals surface area (Å²) in [4.78, 5) is 19.7. The number of fused-ring (bicyclic) bond motifs is 1. The van der Waals surface area contributed by atoms with Gasteiger partial charge in [0.05, 0.1) is 29.3 Å². The highest BCUT2D eigenvalue weighted by molar-refractivity contribution is 6.08. The second-order valence-electron chi connectivity index (χ2n) is 7.42. The Morgan fingerprint density at radius 1 is 1.00 bits per heavy atom. The number of nitrogens with zero attached hydrogens (tertiary/aromatic N) is 3. The lowest BCUT2D eigenvalue weighted by atomic mass is 10.1. The van der Waals surface area contributed by atoms with Crippen molar-refractivity contribution in [2.45, 2.75) is 19.3 Å². The van der Waals surface area contributed by atoms with Crippen LogP contribution in [0.2, 0.25) is 0 Å². The molecule has 1 fully saturated rings. The molecule has 3 aromatic rings. The molecule has 2 aromatic heterocycles. The maximum atomic E-state index is 12.9. The Bertz CT molecular complexity index is 1040. The molecule has 0 saturated carbocycles. The molecule has 2 aliphatic rings. The van der Waals surface area contributed by atoms with Crippen molar-refractivity contribution in [2.75, 3.05) is 36.5 Å². The molecule has 0 spiro atoms. The Kier molecular flexibility index (Phi) is 4.96. The summed E-state index contributed by atoms with van der Waals surface area (Å²) in [6.45, 7) is 3.11. The average molecular weight is 405 g/mol. The summed E-state index contributed by atoms with van der Waals surface area (Å²) >= 11 is 0. The molecular weight excluding hydrogens is 382 g/mol. The molecule has 0 unspecified atom stereocenters. The Balaban J connectivity index is 1.32. The Morgan fingerprint density at radius 3 is 2.63 bits per heavy atom. The largest absolute Gasteiger partial charge is 0.486 e. The highest BCUT2D eigenvalue weighted by Crippen LogP contribution is 2.35. The van der Waals surface area contributed by atoms with Crippen LogP contribution in [0.1, 0.15) is 29.6 Å². The number of aromatic amines is 1.